The molecule has 3 aromatic rings. The van der Waals surface area contributed by atoms with E-state index in [1.807, 2.05) is 31.2 Å². The Balaban J connectivity index is 1.81. The van der Waals surface area contributed by atoms with Crippen LogP contribution in [0.15, 0.2) is 41.0 Å². The van der Waals surface area contributed by atoms with E-state index in [0.717, 1.165) is 28.3 Å². The second-order valence-electron chi connectivity index (χ2n) is 3.99. The summed E-state index contributed by atoms with van der Waals surface area (Å²) in [7, 11) is 0. The number of aryl methyl sites for hydroxylation is 1. The number of rotatable bonds is 3. The van der Waals surface area contributed by atoms with Gasteiger partial charge in [-0.05, 0) is 37.3 Å². The highest BCUT2D eigenvalue weighted by Crippen LogP contribution is 2.17. The fourth-order valence-corrected chi connectivity index (χ4v) is 1.85. The second kappa shape index (κ2) is 3.97. The lowest BCUT2D eigenvalue weighted by Gasteiger charge is -2.03. The second-order valence-corrected chi connectivity index (χ2v) is 3.99. The van der Waals surface area contributed by atoms with Crippen molar-refractivity contribution in [2.45, 2.75) is 13.5 Å². The predicted octanol–water partition coefficient (Wildman–Crippen LogP) is 3.08. The summed E-state index contributed by atoms with van der Waals surface area (Å²) >= 11 is 0. The number of H-pyrrole nitrogens is 1. The van der Waals surface area contributed by atoms with E-state index in [2.05, 4.69) is 21.4 Å². The summed E-state index contributed by atoms with van der Waals surface area (Å²) in [5.41, 5.74) is 3.09. The van der Waals surface area contributed by atoms with Crippen molar-refractivity contribution >= 4 is 16.7 Å². The Bertz CT molecular complexity index is 625. The van der Waals surface area contributed by atoms with Gasteiger partial charge in [-0.3, -0.25) is 0 Å². The summed E-state index contributed by atoms with van der Waals surface area (Å²) in [6.45, 7) is 2.64. The van der Waals surface area contributed by atoms with Gasteiger partial charge in [-0.2, -0.15) is 0 Å². The number of anilines is 1. The molecule has 0 aliphatic rings. The lowest BCUT2D eigenvalue weighted by atomic mass is 10.2. The summed E-state index contributed by atoms with van der Waals surface area (Å²) < 4.78 is 5.26. The van der Waals surface area contributed by atoms with Crippen LogP contribution in [-0.4, -0.2) is 9.97 Å². The van der Waals surface area contributed by atoms with Crippen molar-refractivity contribution in [3.63, 3.8) is 0 Å². The number of furan rings is 1. The third-order valence-corrected chi connectivity index (χ3v) is 2.65. The van der Waals surface area contributed by atoms with Crippen LogP contribution >= 0.6 is 0 Å². The van der Waals surface area contributed by atoms with Gasteiger partial charge in [0.05, 0.1) is 23.8 Å². The zero-order valence-electron chi connectivity index (χ0n) is 9.53. The lowest BCUT2D eigenvalue weighted by molar-refractivity contribution is 0.518. The molecule has 3 rings (SSSR count). The van der Waals surface area contributed by atoms with Gasteiger partial charge in [0.2, 0.25) is 0 Å². The molecule has 2 heterocycles. The van der Waals surface area contributed by atoms with Crippen molar-refractivity contribution in [1.29, 1.82) is 0 Å². The number of hydrogen-bond acceptors (Lipinski definition) is 3. The van der Waals surface area contributed by atoms with E-state index in [-0.39, 0.29) is 0 Å². The van der Waals surface area contributed by atoms with Gasteiger partial charge in [0.25, 0.3) is 0 Å². The minimum absolute atomic E-state index is 0.686. The zero-order valence-corrected chi connectivity index (χ0v) is 9.53. The summed E-state index contributed by atoms with van der Waals surface area (Å²) in [6, 6.07) is 9.91. The molecule has 0 spiro atoms. The molecule has 0 bridgehead atoms. The quantitative estimate of drug-likeness (QED) is 0.723. The van der Waals surface area contributed by atoms with Crippen LogP contribution in [-0.2, 0) is 6.54 Å². The first kappa shape index (κ1) is 9.96. The first-order valence-corrected chi connectivity index (χ1v) is 5.54. The summed E-state index contributed by atoms with van der Waals surface area (Å²) in [5, 5.41) is 3.31. The van der Waals surface area contributed by atoms with Crippen molar-refractivity contribution < 1.29 is 4.42 Å². The van der Waals surface area contributed by atoms with Crippen molar-refractivity contribution in [1.82, 2.24) is 9.97 Å². The molecule has 17 heavy (non-hydrogen) atoms. The van der Waals surface area contributed by atoms with Gasteiger partial charge in [-0.15, -0.1) is 0 Å². The Morgan fingerprint density at radius 1 is 1.35 bits per heavy atom. The van der Waals surface area contributed by atoms with Crippen LogP contribution in [0.1, 0.15) is 11.6 Å². The van der Waals surface area contributed by atoms with Crippen LogP contribution in [0.3, 0.4) is 0 Å². The van der Waals surface area contributed by atoms with Crippen LogP contribution in [0.5, 0.6) is 0 Å². The van der Waals surface area contributed by atoms with Gasteiger partial charge in [-0.1, -0.05) is 0 Å². The standard InChI is InChI=1S/C13H13N3O/c1-9-15-12-5-4-10(7-13(12)16-9)14-8-11-3-2-6-17-11/h2-7,14H,8H2,1H3,(H,15,16). The maximum Gasteiger partial charge on any atom is 0.122 e. The molecular weight excluding hydrogens is 214 g/mol. The van der Waals surface area contributed by atoms with Crippen molar-refractivity contribution in [3.05, 3.63) is 48.2 Å². The number of benzene rings is 1. The van der Waals surface area contributed by atoms with Gasteiger partial charge in [0, 0.05) is 5.69 Å². The summed E-state index contributed by atoms with van der Waals surface area (Å²) in [4.78, 5) is 7.58. The molecule has 1 aromatic carbocycles. The normalized spacial score (nSPS) is 10.9. The number of hydrogen-bond donors (Lipinski definition) is 2. The molecule has 4 heteroatoms. The fourth-order valence-electron chi connectivity index (χ4n) is 1.85. The number of nitrogens with zero attached hydrogens (tertiary/aromatic N) is 1. The molecule has 2 N–H and O–H groups in total. The molecule has 86 valence electrons. The molecule has 0 saturated heterocycles. The van der Waals surface area contributed by atoms with Crippen molar-refractivity contribution in [3.8, 4) is 0 Å². The Morgan fingerprint density at radius 2 is 2.29 bits per heavy atom. The summed E-state index contributed by atoms with van der Waals surface area (Å²) in [6.07, 6.45) is 1.68. The van der Waals surface area contributed by atoms with E-state index < -0.39 is 0 Å². The molecule has 0 saturated carbocycles. The largest absolute Gasteiger partial charge is 0.467 e. The average Bonchev–Trinajstić information content (AvgIpc) is 2.92. The molecule has 0 radical (unpaired) electrons. The van der Waals surface area contributed by atoms with E-state index in [0.29, 0.717) is 6.54 Å². The molecule has 0 aliphatic heterocycles. The molecule has 0 fully saturated rings. The molecule has 0 aliphatic carbocycles. The SMILES string of the molecule is Cc1nc2ccc(NCc3ccco3)cc2[nH]1. The third kappa shape index (κ3) is 2.01. The van der Waals surface area contributed by atoms with E-state index in [1.54, 1.807) is 6.26 Å². The minimum atomic E-state index is 0.686. The topological polar surface area (TPSA) is 53.9 Å². The smallest absolute Gasteiger partial charge is 0.122 e. The number of fused-ring (bicyclic) bond motifs is 1. The first-order valence-electron chi connectivity index (χ1n) is 5.54. The van der Waals surface area contributed by atoms with Crippen LogP contribution in [0.4, 0.5) is 5.69 Å². The Kier molecular flexibility index (Phi) is 2.33. The Labute approximate surface area is 98.7 Å². The van der Waals surface area contributed by atoms with Crippen LogP contribution in [0.25, 0.3) is 11.0 Å². The number of aromatic amines is 1. The molecule has 4 nitrogen and oxygen atoms in total. The Hall–Kier alpha value is -2.23. The first-order chi connectivity index (χ1) is 8.31. The average molecular weight is 227 g/mol. The maximum atomic E-state index is 5.26. The minimum Gasteiger partial charge on any atom is -0.467 e. The molecule has 2 aromatic heterocycles. The van der Waals surface area contributed by atoms with Gasteiger partial charge in [0.1, 0.15) is 11.6 Å². The van der Waals surface area contributed by atoms with Crippen molar-refractivity contribution in [2.24, 2.45) is 0 Å². The predicted molar refractivity (Wildman–Crippen MR) is 66.9 cm³/mol. The fraction of sp³-hybridized carbons (Fsp3) is 0.154. The molecule has 0 atom stereocenters. The number of nitrogens with one attached hydrogen (secondary N) is 2. The zero-order chi connectivity index (χ0) is 11.7. The molecular formula is C13H13N3O. The van der Waals surface area contributed by atoms with Gasteiger partial charge < -0.3 is 14.7 Å². The van der Waals surface area contributed by atoms with E-state index in [9.17, 15) is 0 Å². The van der Waals surface area contributed by atoms with E-state index >= 15 is 0 Å². The monoisotopic (exact) mass is 227 g/mol. The van der Waals surface area contributed by atoms with Crippen molar-refractivity contribution in [2.75, 3.05) is 5.32 Å². The highest BCUT2D eigenvalue weighted by Gasteiger charge is 2.01. The maximum absolute atomic E-state index is 5.26. The molecule has 0 unspecified atom stereocenters. The third-order valence-electron chi connectivity index (χ3n) is 2.65. The highest BCUT2D eigenvalue weighted by atomic mass is 16.3. The highest BCUT2D eigenvalue weighted by molar-refractivity contribution is 5.79. The van der Waals surface area contributed by atoms with Gasteiger partial charge in [0.15, 0.2) is 0 Å². The van der Waals surface area contributed by atoms with Gasteiger partial charge >= 0.3 is 0 Å². The molecule has 0 amide bonds. The van der Waals surface area contributed by atoms with Crippen LogP contribution in [0, 0.1) is 6.92 Å². The van der Waals surface area contributed by atoms with Crippen LogP contribution < -0.4 is 5.32 Å². The van der Waals surface area contributed by atoms with E-state index in [4.69, 9.17) is 4.42 Å². The lowest BCUT2D eigenvalue weighted by Crippen LogP contribution is -1.97. The Morgan fingerprint density at radius 3 is 3.12 bits per heavy atom. The van der Waals surface area contributed by atoms with E-state index in [1.165, 1.54) is 0 Å². The number of imidazole rings is 1. The summed E-state index contributed by atoms with van der Waals surface area (Å²) in [5.74, 6) is 1.86. The number of aromatic nitrogens is 2. The van der Waals surface area contributed by atoms with Crippen LogP contribution in [0.2, 0.25) is 0 Å². The van der Waals surface area contributed by atoms with Gasteiger partial charge in [-0.25, -0.2) is 4.98 Å².